The minimum Gasteiger partial charge on any atom is -0.0654 e. The molecule has 0 N–H and O–H groups in total. The number of benzene rings is 1. The van der Waals surface area contributed by atoms with E-state index in [4.69, 9.17) is 6.58 Å². The molecule has 0 saturated carbocycles. The lowest BCUT2D eigenvalue weighted by atomic mass is 10.0. The van der Waals surface area contributed by atoms with Gasteiger partial charge in [0, 0.05) is 0 Å². The van der Waals surface area contributed by atoms with Crippen molar-refractivity contribution < 1.29 is 0 Å². The first kappa shape index (κ1) is 47.4. The highest BCUT2D eigenvalue weighted by atomic mass is 28.3. The molecule has 0 unspecified atom stereocenters. The predicted octanol–water partition coefficient (Wildman–Crippen LogP) is 16.3. The quantitative estimate of drug-likeness (QED) is 0.0474. The molecule has 0 spiro atoms. The zero-order valence-electron chi connectivity index (χ0n) is 35.4. The number of hydrogen-bond acceptors (Lipinski definition) is 0. The highest BCUT2D eigenvalue weighted by molar-refractivity contribution is 6.91. The molecule has 2 heteroatoms. The Morgan fingerprint density at radius 3 is 1.02 bits per heavy atom. The molecule has 0 saturated heterocycles. The lowest BCUT2D eigenvalue weighted by Gasteiger charge is -2.28. The van der Waals surface area contributed by atoms with Crippen LogP contribution in [0, 0.1) is 12.6 Å². The van der Waals surface area contributed by atoms with E-state index in [1.54, 1.807) is 0 Å². The summed E-state index contributed by atoms with van der Waals surface area (Å²) < 4.78 is 0. The largest absolute Gasteiger partial charge is 0.0814 e. The summed E-state index contributed by atoms with van der Waals surface area (Å²) >= 11 is 0. The number of rotatable bonds is 37. The van der Waals surface area contributed by atoms with Gasteiger partial charge in [-0.2, -0.15) is 0 Å². The van der Waals surface area contributed by atoms with Gasteiger partial charge in [0.05, 0.1) is 16.1 Å². The van der Waals surface area contributed by atoms with Gasteiger partial charge in [-0.3, -0.25) is 0 Å². The summed E-state index contributed by atoms with van der Waals surface area (Å²) in [5.41, 5.74) is 1.32. The maximum atomic E-state index is 6.29. The van der Waals surface area contributed by atoms with E-state index in [2.05, 4.69) is 58.2 Å². The lowest BCUT2D eigenvalue weighted by Crippen LogP contribution is -2.47. The molecule has 0 aliphatic heterocycles. The second-order valence-corrected chi connectivity index (χ2v) is 27.4. The second kappa shape index (κ2) is 31.9. The van der Waals surface area contributed by atoms with E-state index in [0.29, 0.717) is 0 Å². The van der Waals surface area contributed by atoms with Crippen LogP contribution in [-0.4, -0.2) is 16.1 Å². The molecule has 2 radical (unpaired) electrons. The Balaban J connectivity index is 2.18. The Morgan fingerprint density at radius 1 is 0.440 bits per heavy atom. The zero-order chi connectivity index (χ0) is 36.6. The highest BCUT2D eigenvalue weighted by Gasteiger charge is 2.28. The minimum absolute atomic E-state index is 1.32. The summed E-state index contributed by atoms with van der Waals surface area (Å²) in [6, 6.07) is 11.4. The minimum atomic E-state index is -1.53. The van der Waals surface area contributed by atoms with Crippen molar-refractivity contribution in [1.82, 2.24) is 0 Å². The topological polar surface area (TPSA) is 0 Å². The van der Waals surface area contributed by atoms with Gasteiger partial charge in [0.15, 0.2) is 0 Å². The number of hydrogen-bond donors (Lipinski definition) is 0. The molecule has 50 heavy (non-hydrogen) atoms. The lowest BCUT2D eigenvalue weighted by molar-refractivity contribution is 0.531. The monoisotopic (exact) mass is 723 g/mol. The maximum absolute atomic E-state index is 6.29. The van der Waals surface area contributed by atoms with E-state index in [-0.39, 0.29) is 0 Å². The molecule has 0 atom stereocenters. The van der Waals surface area contributed by atoms with Crippen molar-refractivity contribution in [1.29, 1.82) is 0 Å². The molecular formula is C48H90Si2. The molecule has 0 amide bonds. The molecular weight excluding hydrogens is 633 g/mol. The van der Waals surface area contributed by atoms with E-state index in [1.807, 2.05) is 6.08 Å². The van der Waals surface area contributed by atoms with Gasteiger partial charge in [-0.05, 0) is 11.6 Å². The third-order valence-electron chi connectivity index (χ3n) is 11.9. The Hall–Kier alpha value is -0.606. The van der Waals surface area contributed by atoms with Gasteiger partial charge in [0.2, 0.25) is 0 Å². The van der Waals surface area contributed by atoms with Crippen molar-refractivity contribution in [3.05, 3.63) is 30.3 Å². The van der Waals surface area contributed by atoms with Crippen LogP contribution < -0.4 is 10.4 Å². The maximum Gasteiger partial charge on any atom is 0.0814 e. The Bertz CT molecular complexity index is 899. The van der Waals surface area contributed by atoms with Gasteiger partial charge in [-0.25, -0.2) is 0 Å². The van der Waals surface area contributed by atoms with E-state index >= 15 is 0 Å². The van der Waals surface area contributed by atoms with Gasteiger partial charge >= 0.3 is 0 Å². The van der Waals surface area contributed by atoms with Crippen LogP contribution in [0.3, 0.4) is 0 Å². The first-order valence-electron chi connectivity index (χ1n) is 22.9. The molecule has 0 fully saturated rings. The van der Waals surface area contributed by atoms with Gasteiger partial charge in [0.1, 0.15) is 0 Å². The van der Waals surface area contributed by atoms with Gasteiger partial charge < -0.3 is 0 Å². The first-order valence-corrected chi connectivity index (χ1v) is 29.3. The van der Waals surface area contributed by atoms with E-state index < -0.39 is 16.1 Å². The molecule has 0 aromatic heterocycles. The summed E-state index contributed by atoms with van der Waals surface area (Å²) in [5, 5.41) is 3.03. The SMILES string of the molecule is [CH]=Cc1cc([Si](C)(C)CCCCCCCCCCCCCCCCCC)[c]cc1[Si](C)(C)CCCCCCCCCCCCCCCCCC. The van der Waals surface area contributed by atoms with Crippen LogP contribution in [0.4, 0.5) is 0 Å². The number of unbranched alkanes of at least 4 members (excludes halogenated alkanes) is 30. The average molecular weight is 723 g/mol. The molecule has 1 rings (SSSR count). The zero-order valence-corrected chi connectivity index (χ0v) is 37.4. The summed E-state index contributed by atoms with van der Waals surface area (Å²) in [6.07, 6.45) is 48.0. The summed E-state index contributed by atoms with van der Waals surface area (Å²) in [4.78, 5) is 0. The van der Waals surface area contributed by atoms with E-state index in [1.165, 1.54) is 233 Å². The second-order valence-electron chi connectivity index (χ2n) is 17.8. The summed E-state index contributed by atoms with van der Waals surface area (Å²) in [7, 11) is -3.02. The summed E-state index contributed by atoms with van der Waals surface area (Å²) in [5.74, 6) is 0. The van der Waals surface area contributed by atoms with Gasteiger partial charge in [-0.15, -0.1) is 0 Å². The van der Waals surface area contributed by atoms with Crippen LogP contribution in [0.25, 0.3) is 6.08 Å². The molecule has 0 heterocycles. The molecule has 290 valence electrons. The first-order chi connectivity index (χ1) is 24.3. The third-order valence-corrected chi connectivity index (χ3v) is 18.8. The Labute approximate surface area is 319 Å². The van der Waals surface area contributed by atoms with Crippen molar-refractivity contribution in [3.8, 4) is 0 Å². The Morgan fingerprint density at radius 2 is 0.720 bits per heavy atom. The Kier molecular flexibility index (Phi) is 30.2. The van der Waals surface area contributed by atoms with Crippen LogP contribution >= 0.6 is 0 Å². The smallest absolute Gasteiger partial charge is 0.0654 e. The van der Waals surface area contributed by atoms with Crippen molar-refractivity contribution in [2.24, 2.45) is 0 Å². The van der Waals surface area contributed by atoms with Crippen LogP contribution in [-0.2, 0) is 0 Å². The van der Waals surface area contributed by atoms with Gasteiger partial charge in [-0.1, -0.05) is 293 Å². The van der Waals surface area contributed by atoms with E-state index in [0.717, 1.165) is 0 Å². The molecule has 1 aromatic carbocycles. The van der Waals surface area contributed by atoms with Crippen molar-refractivity contribution >= 4 is 32.6 Å². The fourth-order valence-electron chi connectivity index (χ4n) is 8.12. The van der Waals surface area contributed by atoms with E-state index in [9.17, 15) is 0 Å². The van der Waals surface area contributed by atoms with Crippen molar-refractivity contribution in [2.75, 3.05) is 0 Å². The summed E-state index contributed by atoms with van der Waals surface area (Å²) in [6.45, 7) is 21.1. The van der Waals surface area contributed by atoms with Crippen LogP contribution in [0.5, 0.6) is 0 Å². The third kappa shape index (κ3) is 24.6. The predicted molar refractivity (Wildman–Crippen MR) is 237 cm³/mol. The molecule has 1 aromatic rings. The normalized spacial score (nSPS) is 12.2. The molecule has 0 bridgehead atoms. The van der Waals surface area contributed by atoms with Crippen LogP contribution in [0.2, 0.25) is 38.3 Å². The fraction of sp³-hybridized carbons (Fsp3) is 0.833. The molecule has 0 aliphatic carbocycles. The van der Waals surface area contributed by atoms with Gasteiger partial charge in [0.25, 0.3) is 0 Å². The molecule has 0 aliphatic rings. The van der Waals surface area contributed by atoms with Crippen molar-refractivity contribution in [3.63, 3.8) is 0 Å². The standard InChI is InChI=1S/C48H90Si2/c1-8-11-13-15-17-19-21-23-25-27-29-31-33-35-37-39-43-49(4,5)47-41-42-48(46(10-3)45-47)50(6,7)44-40-38-36-34-32-30-28-26-24-22-20-18-16-14-12-9-2/h3,10,42,45H,8-9,11-40,43-44H2,1-2,4-7H3. The molecule has 0 nitrogen and oxygen atoms in total. The van der Waals surface area contributed by atoms with Crippen LogP contribution in [0.1, 0.15) is 225 Å². The highest BCUT2D eigenvalue weighted by Crippen LogP contribution is 2.22. The van der Waals surface area contributed by atoms with Crippen LogP contribution in [0.15, 0.2) is 12.1 Å². The fourth-order valence-corrected chi connectivity index (χ4v) is 13.3. The average Bonchev–Trinajstić information content (AvgIpc) is 3.10. The van der Waals surface area contributed by atoms with Crippen molar-refractivity contribution in [2.45, 2.75) is 258 Å².